The maximum absolute atomic E-state index is 12.9. The van der Waals surface area contributed by atoms with Gasteiger partial charge >= 0.3 is 0 Å². The molecule has 1 amide bonds. The quantitative estimate of drug-likeness (QED) is 0.837. The van der Waals surface area contributed by atoms with Crippen LogP contribution in [-0.4, -0.2) is 24.4 Å². The lowest BCUT2D eigenvalue weighted by molar-refractivity contribution is 0.0744. The van der Waals surface area contributed by atoms with Crippen LogP contribution in [0.1, 0.15) is 29.6 Å². The Kier molecular flexibility index (Phi) is 3.82. The summed E-state index contributed by atoms with van der Waals surface area (Å²) in [6.07, 6.45) is 3.69. The maximum Gasteiger partial charge on any atom is 0.254 e. The summed E-state index contributed by atoms with van der Waals surface area (Å²) < 4.78 is 13.4. The van der Waals surface area contributed by atoms with Crippen molar-refractivity contribution >= 4 is 21.8 Å². The summed E-state index contributed by atoms with van der Waals surface area (Å²) >= 11 is 3.23. The van der Waals surface area contributed by atoms with Gasteiger partial charge in [0.15, 0.2) is 0 Å². The SMILES string of the molecule is CN(CC1CCC1)C(=O)c1ccc(F)cc1Br. The van der Waals surface area contributed by atoms with Crippen molar-refractivity contribution in [2.45, 2.75) is 19.3 Å². The van der Waals surface area contributed by atoms with Crippen LogP contribution in [0.4, 0.5) is 4.39 Å². The summed E-state index contributed by atoms with van der Waals surface area (Å²) in [4.78, 5) is 13.8. The van der Waals surface area contributed by atoms with Crippen LogP contribution >= 0.6 is 15.9 Å². The number of nitrogens with zero attached hydrogens (tertiary/aromatic N) is 1. The molecule has 1 saturated carbocycles. The van der Waals surface area contributed by atoms with Gasteiger partial charge in [-0.15, -0.1) is 0 Å². The highest BCUT2D eigenvalue weighted by molar-refractivity contribution is 9.10. The Balaban J connectivity index is 2.07. The van der Waals surface area contributed by atoms with E-state index in [1.54, 1.807) is 11.9 Å². The van der Waals surface area contributed by atoms with Crippen molar-refractivity contribution in [2.75, 3.05) is 13.6 Å². The molecule has 92 valence electrons. The summed E-state index contributed by atoms with van der Waals surface area (Å²) in [7, 11) is 1.80. The van der Waals surface area contributed by atoms with Crippen LogP contribution in [0.2, 0.25) is 0 Å². The fraction of sp³-hybridized carbons (Fsp3) is 0.462. The minimum absolute atomic E-state index is 0.0521. The third-order valence-electron chi connectivity index (χ3n) is 3.27. The number of amides is 1. The van der Waals surface area contributed by atoms with Gasteiger partial charge in [-0.3, -0.25) is 4.79 Å². The second-order valence-corrected chi connectivity index (χ2v) is 5.46. The molecule has 0 unspecified atom stereocenters. The Bertz CT molecular complexity index is 431. The lowest BCUT2D eigenvalue weighted by Gasteiger charge is -2.30. The summed E-state index contributed by atoms with van der Waals surface area (Å²) in [5, 5.41) is 0. The molecule has 1 aromatic rings. The first-order chi connectivity index (χ1) is 8.08. The molecule has 0 spiro atoms. The van der Waals surface area contributed by atoms with Gasteiger partial charge in [0.1, 0.15) is 5.82 Å². The Labute approximate surface area is 109 Å². The van der Waals surface area contributed by atoms with E-state index in [-0.39, 0.29) is 11.7 Å². The molecule has 0 radical (unpaired) electrons. The van der Waals surface area contributed by atoms with Crippen LogP contribution in [0.3, 0.4) is 0 Å². The highest BCUT2D eigenvalue weighted by Crippen LogP contribution is 2.27. The van der Waals surface area contributed by atoms with Crippen molar-refractivity contribution in [1.29, 1.82) is 0 Å². The zero-order valence-electron chi connectivity index (χ0n) is 9.75. The van der Waals surface area contributed by atoms with Gasteiger partial charge in [0.2, 0.25) is 0 Å². The lowest BCUT2D eigenvalue weighted by atomic mass is 9.85. The Morgan fingerprint density at radius 1 is 1.53 bits per heavy atom. The Hall–Kier alpha value is -0.900. The third kappa shape index (κ3) is 2.86. The van der Waals surface area contributed by atoms with Crippen LogP contribution < -0.4 is 0 Å². The Morgan fingerprint density at radius 3 is 2.76 bits per heavy atom. The van der Waals surface area contributed by atoms with Gasteiger partial charge < -0.3 is 4.90 Å². The zero-order chi connectivity index (χ0) is 12.4. The molecule has 0 saturated heterocycles. The standard InChI is InChI=1S/C13H15BrFNO/c1-16(8-9-3-2-4-9)13(17)11-6-5-10(15)7-12(11)14/h5-7,9H,2-4,8H2,1H3. The molecule has 1 aliphatic rings. The number of halogens is 2. The number of carbonyl (C=O) groups is 1. The van der Waals surface area contributed by atoms with E-state index in [4.69, 9.17) is 0 Å². The highest BCUT2D eigenvalue weighted by Gasteiger charge is 2.22. The van der Waals surface area contributed by atoms with Gasteiger partial charge in [-0.05, 0) is 52.9 Å². The molecule has 0 aromatic heterocycles. The average Bonchev–Trinajstić information content (AvgIpc) is 2.22. The molecular weight excluding hydrogens is 285 g/mol. The van der Waals surface area contributed by atoms with Gasteiger partial charge in [-0.25, -0.2) is 4.39 Å². The van der Waals surface area contributed by atoms with E-state index in [1.165, 1.54) is 37.5 Å². The van der Waals surface area contributed by atoms with E-state index in [0.717, 1.165) is 6.54 Å². The topological polar surface area (TPSA) is 20.3 Å². The van der Waals surface area contributed by atoms with Crippen LogP contribution in [0.15, 0.2) is 22.7 Å². The average molecular weight is 300 g/mol. The number of hydrogen-bond acceptors (Lipinski definition) is 1. The van der Waals surface area contributed by atoms with Crippen molar-refractivity contribution in [3.63, 3.8) is 0 Å². The Morgan fingerprint density at radius 2 is 2.24 bits per heavy atom. The van der Waals surface area contributed by atoms with Gasteiger partial charge in [0.05, 0.1) is 5.56 Å². The fourth-order valence-corrected chi connectivity index (χ4v) is 2.53. The van der Waals surface area contributed by atoms with E-state index in [9.17, 15) is 9.18 Å². The largest absolute Gasteiger partial charge is 0.341 e. The zero-order valence-corrected chi connectivity index (χ0v) is 11.3. The van der Waals surface area contributed by atoms with E-state index >= 15 is 0 Å². The third-order valence-corrected chi connectivity index (χ3v) is 3.92. The van der Waals surface area contributed by atoms with Crippen LogP contribution in [0.5, 0.6) is 0 Å². The van der Waals surface area contributed by atoms with Gasteiger partial charge in [-0.1, -0.05) is 6.42 Å². The van der Waals surface area contributed by atoms with E-state index in [2.05, 4.69) is 15.9 Å². The molecule has 0 N–H and O–H groups in total. The number of hydrogen-bond donors (Lipinski definition) is 0. The maximum atomic E-state index is 12.9. The number of carbonyl (C=O) groups excluding carboxylic acids is 1. The molecule has 0 aliphatic heterocycles. The second kappa shape index (κ2) is 5.17. The normalized spacial score (nSPS) is 15.5. The first kappa shape index (κ1) is 12.6. The molecule has 0 bridgehead atoms. The molecule has 17 heavy (non-hydrogen) atoms. The predicted octanol–water partition coefficient (Wildman–Crippen LogP) is 3.46. The molecule has 4 heteroatoms. The van der Waals surface area contributed by atoms with Crippen molar-refractivity contribution < 1.29 is 9.18 Å². The molecule has 2 nitrogen and oxygen atoms in total. The first-order valence-corrected chi connectivity index (χ1v) is 6.57. The summed E-state index contributed by atoms with van der Waals surface area (Å²) in [5.41, 5.74) is 0.522. The van der Waals surface area contributed by atoms with Crippen molar-refractivity contribution in [2.24, 2.45) is 5.92 Å². The predicted molar refractivity (Wildman–Crippen MR) is 68.4 cm³/mol. The van der Waals surface area contributed by atoms with Crippen molar-refractivity contribution in [1.82, 2.24) is 4.90 Å². The van der Waals surface area contributed by atoms with E-state index in [1.807, 2.05) is 0 Å². The molecular formula is C13H15BrFNO. The smallest absolute Gasteiger partial charge is 0.254 e. The van der Waals surface area contributed by atoms with Crippen LogP contribution in [-0.2, 0) is 0 Å². The molecule has 1 fully saturated rings. The van der Waals surface area contributed by atoms with Crippen molar-refractivity contribution in [3.05, 3.63) is 34.1 Å². The summed E-state index contributed by atoms with van der Waals surface area (Å²) in [6.45, 7) is 0.794. The summed E-state index contributed by atoms with van der Waals surface area (Å²) in [5.74, 6) is 0.252. The first-order valence-electron chi connectivity index (χ1n) is 5.78. The fourth-order valence-electron chi connectivity index (χ4n) is 2.01. The molecule has 0 atom stereocenters. The van der Waals surface area contributed by atoms with Crippen LogP contribution in [0.25, 0.3) is 0 Å². The minimum atomic E-state index is -0.338. The highest BCUT2D eigenvalue weighted by atomic mass is 79.9. The minimum Gasteiger partial charge on any atom is -0.341 e. The second-order valence-electron chi connectivity index (χ2n) is 4.61. The van der Waals surface area contributed by atoms with Crippen molar-refractivity contribution in [3.8, 4) is 0 Å². The van der Waals surface area contributed by atoms with Gasteiger partial charge in [-0.2, -0.15) is 0 Å². The molecule has 2 rings (SSSR count). The summed E-state index contributed by atoms with van der Waals surface area (Å²) in [6, 6.07) is 4.17. The van der Waals surface area contributed by atoms with Gasteiger partial charge in [0, 0.05) is 18.1 Å². The molecule has 1 aliphatic carbocycles. The molecule has 1 aromatic carbocycles. The van der Waals surface area contributed by atoms with Crippen LogP contribution in [0, 0.1) is 11.7 Å². The number of rotatable bonds is 3. The van der Waals surface area contributed by atoms with E-state index in [0.29, 0.717) is 16.0 Å². The number of benzene rings is 1. The monoisotopic (exact) mass is 299 g/mol. The molecule has 0 heterocycles. The lowest BCUT2D eigenvalue weighted by Crippen LogP contribution is -2.34. The van der Waals surface area contributed by atoms with E-state index < -0.39 is 0 Å². The van der Waals surface area contributed by atoms with Gasteiger partial charge in [0.25, 0.3) is 5.91 Å².